The van der Waals surface area contributed by atoms with Crippen LogP contribution >= 0.6 is 10.2 Å². The van der Waals surface area contributed by atoms with Gasteiger partial charge in [0.25, 0.3) is 0 Å². The summed E-state index contributed by atoms with van der Waals surface area (Å²) in [4.78, 5) is 8.01. The van der Waals surface area contributed by atoms with Crippen LogP contribution in [-0.4, -0.2) is 14.8 Å². The maximum atomic E-state index is 13.2. The molecule has 1 aromatic heterocycles. The standard InChI is InChI=1S/C14H9F5N2O3S/c15-25(16,17,18,19)12-7-8(5-6-11(12)20-24)21-13(22)9-3-1-2-4-10(9)14(21)23/h1-7,22-23H. The maximum absolute atomic E-state index is 13.2. The van der Waals surface area contributed by atoms with Crippen molar-refractivity contribution in [3.8, 4) is 17.4 Å². The van der Waals surface area contributed by atoms with Gasteiger partial charge in [-0.15, -0.1) is 4.91 Å². The molecule has 0 atom stereocenters. The number of fused-ring (bicyclic) bond motifs is 1. The number of nitrogens with zero attached hydrogens (tertiary/aromatic N) is 2. The summed E-state index contributed by atoms with van der Waals surface area (Å²) in [5, 5.41) is 22.5. The number of hydrogen-bond acceptors (Lipinski definition) is 4. The van der Waals surface area contributed by atoms with Gasteiger partial charge in [-0.3, -0.25) is 4.57 Å². The van der Waals surface area contributed by atoms with Crippen LogP contribution in [0.15, 0.2) is 52.5 Å². The van der Waals surface area contributed by atoms with Gasteiger partial charge in [0.2, 0.25) is 11.8 Å². The molecule has 1 heterocycles. The highest BCUT2D eigenvalue weighted by Crippen LogP contribution is 3.03. The van der Waals surface area contributed by atoms with Crippen molar-refractivity contribution in [2.24, 2.45) is 5.18 Å². The monoisotopic (exact) mass is 380 g/mol. The van der Waals surface area contributed by atoms with E-state index >= 15 is 0 Å². The Bertz CT molecular complexity index is 992. The third-order valence-corrected chi connectivity index (χ3v) is 4.71. The number of rotatable bonds is 3. The van der Waals surface area contributed by atoms with Crippen molar-refractivity contribution in [2.75, 3.05) is 0 Å². The predicted octanol–water partition coefficient (Wildman–Crippen LogP) is 6.10. The van der Waals surface area contributed by atoms with Crippen LogP contribution in [0.2, 0.25) is 0 Å². The molecule has 0 aliphatic heterocycles. The summed E-state index contributed by atoms with van der Waals surface area (Å²) >= 11 is 0. The van der Waals surface area contributed by atoms with E-state index in [-0.39, 0.29) is 16.8 Å². The molecule has 0 aliphatic carbocycles. The zero-order valence-corrected chi connectivity index (χ0v) is 12.9. The Morgan fingerprint density at radius 2 is 1.40 bits per heavy atom. The lowest BCUT2D eigenvalue weighted by Gasteiger charge is -2.40. The summed E-state index contributed by atoms with van der Waals surface area (Å²) in [6.45, 7) is 0. The molecule has 0 saturated heterocycles. The quantitative estimate of drug-likeness (QED) is 0.426. The summed E-state index contributed by atoms with van der Waals surface area (Å²) in [6.07, 6.45) is 0. The van der Waals surface area contributed by atoms with Crippen molar-refractivity contribution in [2.45, 2.75) is 4.90 Å². The van der Waals surface area contributed by atoms with E-state index in [1.54, 1.807) is 0 Å². The topological polar surface area (TPSA) is 74.8 Å². The van der Waals surface area contributed by atoms with Crippen molar-refractivity contribution in [1.82, 2.24) is 4.57 Å². The number of hydrogen-bond donors (Lipinski definition) is 2. The summed E-state index contributed by atoms with van der Waals surface area (Å²) < 4.78 is 66.4. The fourth-order valence-corrected chi connectivity index (χ4v) is 3.33. The highest BCUT2D eigenvalue weighted by molar-refractivity contribution is 8.45. The first-order valence-electron chi connectivity index (χ1n) is 6.57. The molecule has 0 unspecified atom stereocenters. The van der Waals surface area contributed by atoms with Gasteiger partial charge in [0, 0.05) is 10.8 Å². The summed E-state index contributed by atoms with van der Waals surface area (Å²) in [5.74, 6) is -1.29. The third kappa shape index (κ3) is 2.76. The van der Waals surface area contributed by atoms with Crippen LogP contribution in [0, 0.1) is 4.91 Å². The molecular formula is C14H9F5N2O3S. The van der Waals surface area contributed by atoms with Gasteiger partial charge in [-0.1, -0.05) is 31.6 Å². The van der Waals surface area contributed by atoms with Crippen LogP contribution in [0.1, 0.15) is 0 Å². The van der Waals surface area contributed by atoms with E-state index in [1.807, 2.05) is 5.18 Å². The molecule has 0 fully saturated rings. The minimum Gasteiger partial charge on any atom is -0.494 e. The maximum Gasteiger partial charge on any atom is 0.312 e. The zero-order chi connectivity index (χ0) is 18.7. The zero-order valence-electron chi connectivity index (χ0n) is 12.0. The average molecular weight is 380 g/mol. The molecule has 0 saturated carbocycles. The Hall–Kier alpha value is -2.82. The highest BCUT2D eigenvalue weighted by atomic mass is 32.5. The van der Waals surface area contributed by atoms with Gasteiger partial charge in [0.1, 0.15) is 10.6 Å². The number of benzene rings is 2. The van der Waals surface area contributed by atoms with Crippen LogP contribution in [0.25, 0.3) is 16.5 Å². The lowest BCUT2D eigenvalue weighted by Crippen LogP contribution is -2.07. The Labute approximate surface area is 136 Å². The van der Waals surface area contributed by atoms with Crippen molar-refractivity contribution in [3.05, 3.63) is 47.4 Å². The van der Waals surface area contributed by atoms with E-state index in [0.717, 1.165) is 6.07 Å². The van der Waals surface area contributed by atoms with E-state index in [0.29, 0.717) is 10.6 Å². The van der Waals surface area contributed by atoms with Gasteiger partial charge in [-0.05, 0) is 35.5 Å². The number of aromatic hydroxyl groups is 2. The van der Waals surface area contributed by atoms with Crippen molar-refractivity contribution in [1.29, 1.82) is 0 Å². The highest BCUT2D eigenvalue weighted by Gasteiger charge is 2.67. The second-order valence-electron chi connectivity index (χ2n) is 5.24. The normalized spacial score (nSPS) is 14.9. The fourth-order valence-electron chi connectivity index (χ4n) is 2.49. The second-order valence-corrected chi connectivity index (χ2v) is 7.62. The number of halogens is 5. The lowest BCUT2D eigenvalue weighted by atomic mass is 10.2. The van der Waals surface area contributed by atoms with Gasteiger partial charge in [-0.2, -0.15) is 0 Å². The fraction of sp³-hybridized carbons (Fsp3) is 0. The molecule has 134 valence electrons. The van der Waals surface area contributed by atoms with E-state index < -0.39 is 38.3 Å². The molecule has 0 bridgehead atoms. The Balaban J connectivity index is 2.37. The smallest absolute Gasteiger partial charge is 0.312 e. The SMILES string of the molecule is O=Nc1ccc(-n2c(O)c3ccccc3c2O)cc1S(F)(F)(F)(F)F. The Morgan fingerprint density at radius 1 is 0.880 bits per heavy atom. The number of nitroso groups, excluding NO2 is 1. The summed E-state index contributed by atoms with van der Waals surface area (Å²) in [5.41, 5.74) is -2.10. The second kappa shape index (κ2) is 4.42. The van der Waals surface area contributed by atoms with Crippen LogP contribution in [0.4, 0.5) is 25.1 Å². The molecule has 25 heavy (non-hydrogen) atoms. The largest absolute Gasteiger partial charge is 0.494 e. The average Bonchev–Trinajstić information content (AvgIpc) is 2.77. The van der Waals surface area contributed by atoms with Gasteiger partial charge < -0.3 is 10.2 Å². The molecule has 0 aliphatic rings. The van der Waals surface area contributed by atoms with Gasteiger partial charge >= 0.3 is 10.2 Å². The van der Waals surface area contributed by atoms with E-state index in [9.17, 15) is 34.5 Å². The van der Waals surface area contributed by atoms with E-state index in [4.69, 9.17) is 0 Å². The molecule has 11 heteroatoms. The minimum absolute atomic E-state index is 0.0311. The van der Waals surface area contributed by atoms with Gasteiger partial charge in [0.15, 0.2) is 0 Å². The van der Waals surface area contributed by atoms with Gasteiger partial charge in [-0.25, -0.2) is 0 Å². The molecule has 0 spiro atoms. The minimum atomic E-state index is -10.2. The van der Waals surface area contributed by atoms with Crippen LogP contribution in [0.3, 0.4) is 0 Å². The Kier molecular flexibility index (Phi) is 3.01. The molecular weight excluding hydrogens is 371 g/mol. The Morgan fingerprint density at radius 3 is 1.84 bits per heavy atom. The predicted molar refractivity (Wildman–Crippen MR) is 83.5 cm³/mol. The molecule has 3 rings (SSSR count). The number of aromatic nitrogens is 1. The molecule has 5 nitrogen and oxygen atoms in total. The van der Waals surface area contributed by atoms with E-state index in [1.165, 1.54) is 24.3 Å². The van der Waals surface area contributed by atoms with Crippen molar-refractivity contribution in [3.63, 3.8) is 0 Å². The molecule has 0 radical (unpaired) electrons. The molecule has 2 aromatic carbocycles. The molecule has 2 N–H and O–H groups in total. The first-order chi connectivity index (χ1) is 11.3. The first-order valence-corrected chi connectivity index (χ1v) is 8.52. The first kappa shape index (κ1) is 17.0. The molecule has 3 aromatic rings. The lowest BCUT2D eigenvalue weighted by molar-refractivity contribution is 0.364. The molecule has 0 amide bonds. The van der Waals surface area contributed by atoms with Gasteiger partial charge in [0.05, 0.1) is 5.69 Å². The third-order valence-electron chi connectivity index (χ3n) is 3.55. The summed E-state index contributed by atoms with van der Waals surface area (Å²) in [7, 11) is -10.2. The van der Waals surface area contributed by atoms with Crippen LogP contribution < -0.4 is 0 Å². The van der Waals surface area contributed by atoms with E-state index in [2.05, 4.69) is 0 Å². The van der Waals surface area contributed by atoms with Crippen LogP contribution in [-0.2, 0) is 0 Å². The van der Waals surface area contributed by atoms with Crippen LogP contribution in [0.5, 0.6) is 11.8 Å². The van der Waals surface area contributed by atoms with Crippen molar-refractivity contribution >= 4 is 26.7 Å². The summed E-state index contributed by atoms with van der Waals surface area (Å²) in [6, 6.07) is 7.04. The van der Waals surface area contributed by atoms with Crippen molar-refractivity contribution < 1.29 is 29.6 Å².